The fourth-order valence-electron chi connectivity index (χ4n) is 8.48. The number of nitrogens with one attached hydrogen (secondary N) is 2. The predicted molar refractivity (Wildman–Crippen MR) is 278 cm³/mol. The third kappa shape index (κ3) is 10.5. The highest BCUT2D eigenvalue weighted by Gasteiger charge is 2.55. The third-order valence-electron chi connectivity index (χ3n) is 12.2. The van der Waals surface area contributed by atoms with E-state index in [9.17, 15) is 19.2 Å². The molecule has 0 radical (unpaired) electrons. The molecule has 0 saturated carbocycles. The van der Waals surface area contributed by atoms with Gasteiger partial charge in [-0.15, -0.1) is 34.7 Å². The first-order valence-corrected chi connectivity index (χ1v) is 25.4. The number of benzene rings is 6. The first kappa shape index (κ1) is 49.3. The number of anilines is 1. The first-order chi connectivity index (χ1) is 35.2. The number of methoxy groups -OCH3 is 1. The highest BCUT2D eigenvalue weighted by atomic mass is 35.5. The number of halogens is 1. The molecule has 0 spiro atoms. The van der Waals surface area contributed by atoms with Crippen molar-refractivity contribution < 1.29 is 38.2 Å². The number of esters is 2. The van der Waals surface area contributed by atoms with Gasteiger partial charge >= 0.3 is 11.9 Å². The summed E-state index contributed by atoms with van der Waals surface area (Å²) in [5.41, 5.74) is 4.39. The largest absolute Gasteiger partial charge is 0.497 e. The number of alkyl halides is 1. The molecule has 16 heteroatoms. The Morgan fingerprint density at radius 1 is 0.792 bits per heavy atom. The molecule has 7 aromatic rings. The van der Waals surface area contributed by atoms with E-state index in [0.29, 0.717) is 27.8 Å². The average Bonchev–Trinajstić information content (AvgIpc) is 3.90. The van der Waals surface area contributed by atoms with Crippen molar-refractivity contribution in [3.05, 3.63) is 232 Å². The van der Waals surface area contributed by atoms with E-state index in [0.717, 1.165) is 27.8 Å². The molecule has 1 saturated heterocycles. The lowest BCUT2D eigenvalue weighted by atomic mass is 9.77. The topological polar surface area (TPSA) is 158 Å². The fourth-order valence-corrected chi connectivity index (χ4v) is 10.9. The van der Waals surface area contributed by atoms with Gasteiger partial charge in [-0.25, -0.2) is 14.6 Å². The van der Waals surface area contributed by atoms with E-state index in [2.05, 4.69) is 15.8 Å². The van der Waals surface area contributed by atoms with Gasteiger partial charge in [0.2, 0.25) is 6.10 Å². The van der Waals surface area contributed by atoms with E-state index in [1.807, 2.05) is 152 Å². The maximum atomic E-state index is 14.7. The molecule has 0 bridgehead atoms. The van der Waals surface area contributed by atoms with Gasteiger partial charge in [0.1, 0.15) is 40.7 Å². The van der Waals surface area contributed by atoms with Gasteiger partial charge in [0, 0.05) is 17.0 Å². The summed E-state index contributed by atoms with van der Waals surface area (Å²) in [6.45, 7) is 1.42. The Balaban J connectivity index is 1.01. The van der Waals surface area contributed by atoms with Crippen molar-refractivity contribution in [2.75, 3.05) is 24.1 Å². The number of amides is 2. The summed E-state index contributed by atoms with van der Waals surface area (Å²) in [5, 5.41) is 12.3. The first-order valence-electron chi connectivity index (χ1n) is 23.0. The molecule has 13 nitrogen and oxygen atoms in total. The highest BCUT2D eigenvalue weighted by molar-refractivity contribution is 8.00. The molecule has 6 aromatic carbocycles. The molecule has 9 rings (SSSR count). The van der Waals surface area contributed by atoms with Crippen LogP contribution in [0.3, 0.4) is 0 Å². The van der Waals surface area contributed by atoms with Gasteiger partial charge in [0.25, 0.3) is 11.8 Å². The second kappa shape index (κ2) is 22.6. The Hall–Kier alpha value is -7.72. The summed E-state index contributed by atoms with van der Waals surface area (Å²) in [7, 11) is 1.56. The summed E-state index contributed by atoms with van der Waals surface area (Å²) in [6.07, 6.45) is -2.07. The van der Waals surface area contributed by atoms with Crippen LogP contribution in [0.15, 0.2) is 198 Å². The van der Waals surface area contributed by atoms with E-state index < -0.39 is 52.9 Å². The van der Waals surface area contributed by atoms with Crippen molar-refractivity contribution in [3.63, 3.8) is 0 Å². The number of carbonyl (C=O) groups is 4. The molecular formula is C56H48ClN5O8S2. The molecule has 364 valence electrons. The van der Waals surface area contributed by atoms with Crippen LogP contribution in [0.2, 0.25) is 0 Å². The zero-order valence-electron chi connectivity index (χ0n) is 39.1. The number of carbonyl (C=O) groups excluding carboxylic acids is 4. The minimum Gasteiger partial charge on any atom is -0.497 e. The van der Waals surface area contributed by atoms with Crippen LogP contribution >= 0.6 is 34.7 Å². The number of fused-ring (bicyclic) bond motifs is 1. The van der Waals surface area contributed by atoms with Gasteiger partial charge in [-0.05, 0) is 58.0 Å². The lowest BCUT2D eigenvalue weighted by Crippen LogP contribution is -2.71. The normalized spacial score (nSPS) is 16.0. The minimum atomic E-state index is -1.30. The summed E-state index contributed by atoms with van der Waals surface area (Å²) in [6, 6.07) is 54.5. The van der Waals surface area contributed by atoms with Crippen LogP contribution in [-0.4, -0.2) is 75.6 Å². The highest BCUT2D eigenvalue weighted by Crippen LogP contribution is 2.43. The number of rotatable bonds is 19. The SMILES string of the molecule is COc1ccc(COC(=O)C2=C(CCl)CS[C@@H]3[C@H](NC(=O)/C(=N\O[C@@H](C)C(=O)OC(c4ccccc4)c4ccccc4)c4csc(NC(c5ccccc5)(c5ccccc5)c5ccccc5)n4)C(=O)N23)cc1. The molecule has 2 aliphatic heterocycles. The molecular weight excluding hydrogens is 970 g/mol. The molecule has 0 aliphatic carbocycles. The molecule has 0 unspecified atom stereocenters. The minimum absolute atomic E-state index is 0.0139. The van der Waals surface area contributed by atoms with Gasteiger partial charge in [-0.2, -0.15) is 0 Å². The number of oxime groups is 1. The number of thiazole rings is 1. The molecule has 3 heterocycles. The fraction of sp³-hybridized carbons (Fsp3) is 0.179. The number of β-lactam (4-membered cyclic amide) rings is 1. The van der Waals surface area contributed by atoms with Gasteiger partial charge in [-0.1, -0.05) is 169 Å². The second-order valence-corrected chi connectivity index (χ2v) is 18.9. The van der Waals surface area contributed by atoms with Crippen molar-refractivity contribution in [2.45, 2.75) is 42.7 Å². The van der Waals surface area contributed by atoms with Gasteiger partial charge in [-0.3, -0.25) is 14.5 Å². The van der Waals surface area contributed by atoms with Crippen LogP contribution in [0.4, 0.5) is 5.13 Å². The Labute approximate surface area is 429 Å². The van der Waals surface area contributed by atoms with Crippen molar-refractivity contribution in [2.24, 2.45) is 5.16 Å². The van der Waals surface area contributed by atoms with E-state index in [4.69, 9.17) is 35.6 Å². The maximum absolute atomic E-state index is 14.7. The monoisotopic (exact) mass is 1020 g/mol. The summed E-state index contributed by atoms with van der Waals surface area (Å²) in [4.78, 5) is 68.5. The number of hydrogen-bond donors (Lipinski definition) is 2. The van der Waals surface area contributed by atoms with Crippen LogP contribution in [0.25, 0.3) is 0 Å². The molecule has 3 atom stereocenters. The number of ether oxygens (including phenoxy) is 3. The van der Waals surface area contributed by atoms with Crippen molar-refractivity contribution in [1.29, 1.82) is 0 Å². The number of hydrogen-bond acceptors (Lipinski definition) is 13. The maximum Gasteiger partial charge on any atom is 0.355 e. The van der Waals surface area contributed by atoms with Crippen LogP contribution in [0, 0.1) is 0 Å². The third-order valence-corrected chi connectivity index (χ3v) is 14.6. The van der Waals surface area contributed by atoms with Crippen LogP contribution in [0.5, 0.6) is 5.75 Å². The Kier molecular flexibility index (Phi) is 15.4. The van der Waals surface area contributed by atoms with E-state index in [1.165, 1.54) is 34.9 Å². The smallest absolute Gasteiger partial charge is 0.355 e. The zero-order chi connectivity index (χ0) is 50.0. The van der Waals surface area contributed by atoms with Crippen molar-refractivity contribution in [3.8, 4) is 5.75 Å². The average molecular weight is 1020 g/mol. The molecule has 1 aromatic heterocycles. The Morgan fingerprint density at radius 2 is 1.33 bits per heavy atom. The molecule has 1 fully saturated rings. The molecule has 72 heavy (non-hydrogen) atoms. The number of aromatic nitrogens is 1. The van der Waals surface area contributed by atoms with Crippen molar-refractivity contribution >= 4 is 69.3 Å². The van der Waals surface area contributed by atoms with E-state index in [1.54, 1.807) is 36.8 Å². The number of thioether (sulfide) groups is 1. The lowest BCUT2D eigenvalue weighted by molar-refractivity contribution is -0.160. The predicted octanol–water partition coefficient (Wildman–Crippen LogP) is 9.63. The van der Waals surface area contributed by atoms with Gasteiger partial charge in [0.05, 0.1) is 7.11 Å². The molecule has 2 aliphatic rings. The Morgan fingerprint density at radius 3 is 1.86 bits per heavy atom. The zero-order valence-corrected chi connectivity index (χ0v) is 41.4. The summed E-state index contributed by atoms with van der Waals surface area (Å²) in [5.74, 6) is -1.88. The number of nitrogens with zero attached hydrogens (tertiary/aromatic N) is 3. The van der Waals surface area contributed by atoms with E-state index in [-0.39, 0.29) is 29.6 Å². The van der Waals surface area contributed by atoms with Crippen LogP contribution in [-0.2, 0) is 45.6 Å². The molecule has 2 N–H and O–H groups in total. The van der Waals surface area contributed by atoms with Gasteiger partial charge < -0.3 is 29.7 Å². The lowest BCUT2D eigenvalue weighted by Gasteiger charge is -2.49. The van der Waals surface area contributed by atoms with Crippen molar-refractivity contribution in [1.82, 2.24) is 15.2 Å². The van der Waals surface area contributed by atoms with E-state index >= 15 is 0 Å². The van der Waals surface area contributed by atoms with Crippen LogP contribution < -0.4 is 15.4 Å². The second-order valence-electron chi connectivity index (χ2n) is 16.7. The van der Waals surface area contributed by atoms with Gasteiger partial charge in [0.15, 0.2) is 16.9 Å². The van der Waals surface area contributed by atoms with Crippen LogP contribution in [0.1, 0.15) is 52.1 Å². The molecule has 2 amide bonds. The Bertz CT molecular complexity index is 2940. The summed E-state index contributed by atoms with van der Waals surface area (Å²) < 4.78 is 17.0. The standard InChI is InChI=1S/C56H48ClN5O8S2/c1-36(53(65)69-49(38-18-8-3-9-19-38)39-20-10-4-11-21-39)70-61-46(45-35-72-55(58-45)60-56(41-22-12-5-13-23-41,42-24-14-6-15-25-42)43-26-16-7-17-27-43)50(63)59-47-51(64)62-48(40(32-57)34-71-52(47)62)54(66)68-33-37-28-30-44(67-2)31-29-37/h3-31,35-36,47,49,52H,32-34H2,1-2H3,(H,58,60)(H,59,63)/b61-46-/t36-,47+,52+/m0/s1. The quantitative estimate of drug-likeness (QED) is 0.0199. The summed E-state index contributed by atoms with van der Waals surface area (Å²) >= 11 is 8.91.